The van der Waals surface area contributed by atoms with Gasteiger partial charge in [0.05, 0.1) is 34.7 Å². The maximum atomic E-state index is 13.4. The minimum absolute atomic E-state index is 0.0464. The van der Waals surface area contributed by atoms with Crippen LogP contribution in [0.2, 0.25) is 0 Å². The van der Waals surface area contributed by atoms with Crippen molar-refractivity contribution in [1.29, 1.82) is 0 Å². The highest BCUT2D eigenvalue weighted by Gasteiger charge is 2.35. The Morgan fingerprint density at radius 2 is 1.87 bits per heavy atom. The Labute approximate surface area is 235 Å². The number of para-hydroxylation sites is 1. The second kappa shape index (κ2) is 11.1. The standard InChI is InChI=1S/C28H32N4O5S2/c1-28(2,3)37-27(35)32(14-17-10-13-21-25(29-17)30-22(33)15-38-21)18-11-8-16(9-12-18)24(34)26-31-23-19(36-4)6-5-7-20(23)39-26/h5-7,10,13,16,18H,8-9,11-12,14-15H2,1-4H3,(H,29,30,33)/t16-,18-. The van der Waals surface area contributed by atoms with Gasteiger partial charge in [-0.3, -0.25) is 14.5 Å². The first-order valence-corrected chi connectivity index (χ1v) is 14.8. The fourth-order valence-electron chi connectivity index (χ4n) is 4.95. The first-order chi connectivity index (χ1) is 18.6. The Morgan fingerprint density at radius 1 is 1.10 bits per heavy atom. The molecule has 0 spiro atoms. The summed E-state index contributed by atoms with van der Waals surface area (Å²) >= 11 is 2.84. The van der Waals surface area contributed by atoms with Gasteiger partial charge in [0.2, 0.25) is 5.91 Å². The molecule has 1 aromatic carbocycles. The Bertz CT molecular complexity index is 1410. The molecule has 1 saturated carbocycles. The van der Waals surface area contributed by atoms with Gasteiger partial charge in [0.25, 0.3) is 0 Å². The first kappa shape index (κ1) is 27.4. The van der Waals surface area contributed by atoms with E-state index in [1.54, 1.807) is 12.0 Å². The average Bonchev–Trinajstić information content (AvgIpc) is 3.35. The number of methoxy groups -OCH3 is 1. The molecule has 0 radical (unpaired) electrons. The number of thiazole rings is 1. The largest absolute Gasteiger partial charge is 0.494 e. The number of ether oxygens (including phenoxy) is 2. The molecule has 1 N–H and O–H groups in total. The van der Waals surface area contributed by atoms with Crippen molar-refractivity contribution >= 4 is 56.9 Å². The molecule has 11 heteroatoms. The van der Waals surface area contributed by atoms with E-state index in [2.05, 4.69) is 15.3 Å². The number of hydrogen-bond donors (Lipinski definition) is 1. The Morgan fingerprint density at radius 3 is 2.59 bits per heavy atom. The highest BCUT2D eigenvalue weighted by molar-refractivity contribution is 8.00. The molecule has 2 aromatic heterocycles. The van der Waals surface area contributed by atoms with Crippen molar-refractivity contribution < 1.29 is 23.9 Å². The third-order valence-electron chi connectivity index (χ3n) is 6.81. The van der Waals surface area contributed by atoms with Crippen molar-refractivity contribution in [2.75, 3.05) is 18.2 Å². The molecule has 39 heavy (non-hydrogen) atoms. The number of carbonyl (C=O) groups is 3. The molecule has 0 unspecified atom stereocenters. The van der Waals surface area contributed by atoms with Crippen molar-refractivity contribution in [3.8, 4) is 5.75 Å². The molecule has 3 heterocycles. The number of thioether (sulfide) groups is 1. The van der Waals surface area contributed by atoms with E-state index in [9.17, 15) is 14.4 Å². The molecular formula is C28H32N4O5S2. The van der Waals surface area contributed by atoms with E-state index in [4.69, 9.17) is 9.47 Å². The van der Waals surface area contributed by atoms with Crippen molar-refractivity contribution in [2.24, 2.45) is 5.92 Å². The lowest BCUT2D eigenvalue weighted by Crippen LogP contribution is -2.45. The summed E-state index contributed by atoms with van der Waals surface area (Å²) in [6.07, 6.45) is 2.23. The van der Waals surface area contributed by atoms with Crippen LogP contribution in [0.4, 0.5) is 10.6 Å². The second-order valence-electron chi connectivity index (χ2n) is 10.8. The lowest BCUT2D eigenvalue weighted by Gasteiger charge is -2.37. The molecule has 206 valence electrons. The highest BCUT2D eigenvalue weighted by atomic mass is 32.2. The molecule has 0 atom stereocenters. The van der Waals surface area contributed by atoms with Gasteiger partial charge in [-0.25, -0.2) is 14.8 Å². The van der Waals surface area contributed by atoms with Gasteiger partial charge in [-0.2, -0.15) is 0 Å². The summed E-state index contributed by atoms with van der Waals surface area (Å²) < 4.78 is 12.1. The maximum absolute atomic E-state index is 13.4. The van der Waals surface area contributed by atoms with E-state index in [0.29, 0.717) is 59.2 Å². The number of rotatable bonds is 6. The number of ketones is 1. The number of Topliss-reactive ketones (excluding diaryl/α,β-unsaturated/α-hetero) is 1. The Hall–Kier alpha value is -3.18. The van der Waals surface area contributed by atoms with Crippen LogP contribution < -0.4 is 10.1 Å². The van der Waals surface area contributed by atoms with Crippen molar-refractivity contribution in [1.82, 2.24) is 14.9 Å². The third-order valence-corrected chi connectivity index (χ3v) is 8.90. The molecule has 2 amide bonds. The minimum Gasteiger partial charge on any atom is -0.494 e. The number of fused-ring (bicyclic) bond motifs is 2. The Balaban J connectivity index is 1.30. The number of aromatic nitrogens is 2. The van der Waals surface area contributed by atoms with Gasteiger partial charge >= 0.3 is 6.09 Å². The molecule has 5 rings (SSSR count). The number of amides is 2. The van der Waals surface area contributed by atoms with Crippen LogP contribution in [-0.2, 0) is 16.1 Å². The monoisotopic (exact) mass is 568 g/mol. The lowest BCUT2D eigenvalue weighted by atomic mass is 9.83. The summed E-state index contributed by atoms with van der Waals surface area (Å²) in [6, 6.07) is 9.40. The summed E-state index contributed by atoms with van der Waals surface area (Å²) in [4.78, 5) is 50.4. The molecule has 3 aromatic rings. The van der Waals surface area contributed by atoms with Crippen LogP contribution in [0.25, 0.3) is 10.2 Å². The smallest absolute Gasteiger partial charge is 0.410 e. The van der Waals surface area contributed by atoms with E-state index in [1.807, 2.05) is 51.1 Å². The van der Waals surface area contributed by atoms with Gasteiger partial charge in [0.15, 0.2) is 10.8 Å². The highest BCUT2D eigenvalue weighted by Crippen LogP contribution is 2.36. The summed E-state index contributed by atoms with van der Waals surface area (Å²) in [5.74, 6) is 1.36. The molecule has 1 aliphatic carbocycles. The zero-order valence-electron chi connectivity index (χ0n) is 22.5. The van der Waals surface area contributed by atoms with Crippen LogP contribution in [0.15, 0.2) is 35.2 Å². The summed E-state index contributed by atoms with van der Waals surface area (Å²) in [6.45, 7) is 5.78. The average molecular weight is 569 g/mol. The van der Waals surface area contributed by atoms with Crippen LogP contribution in [0, 0.1) is 5.92 Å². The summed E-state index contributed by atoms with van der Waals surface area (Å²) in [5, 5.41) is 3.32. The van der Waals surface area contributed by atoms with Crippen LogP contribution in [0.3, 0.4) is 0 Å². The van der Waals surface area contributed by atoms with E-state index in [1.165, 1.54) is 23.1 Å². The molecule has 0 saturated heterocycles. The van der Waals surface area contributed by atoms with E-state index in [0.717, 1.165) is 9.60 Å². The van der Waals surface area contributed by atoms with E-state index >= 15 is 0 Å². The molecule has 1 fully saturated rings. The quantitative estimate of drug-likeness (QED) is 0.365. The lowest BCUT2D eigenvalue weighted by molar-refractivity contribution is -0.113. The van der Waals surface area contributed by atoms with Gasteiger partial charge in [0, 0.05) is 12.0 Å². The van der Waals surface area contributed by atoms with Gasteiger partial charge < -0.3 is 14.8 Å². The number of nitrogens with zero attached hydrogens (tertiary/aromatic N) is 3. The number of benzene rings is 1. The molecule has 1 aliphatic heterocycles. The predicted octanol–water partition coefficient (Wildman–Crippen LogP) is 5.92. The van der Waals surface area contributed by atoms with E-state index in [-0.39, 0.29) is 30.2 Å². The number of hydrogen-bond acceptors (Lipinski definition) is 9. The van der Waals surface area contributed by atoms with Gasteiger partial charge in [-0.1, -0.05) is 6.07 Å². The van der Waals surface area contributed by atoms with Crippen LogP contribution >= 0.6 is 23.1 Å². The van der Waals surface area contributed by atoms with Crippen molar-refractivity contribution in [3.05, 3.63) is 41.0 Å². The fraction of sp³-hybridized carbons (Fsp3) is 0.464. The predicted molar refractivity (Wildman–Crippen MR) is 152 cm³/mol. The second-order valence-corrected chi connectivity index (χ2v) is 12.8. The van der Waals surface area contributed by atoms with Crippen LogP contribution in [-0.4, -0.2) is 57.2 Å². The SMILES string of the molecule is COc1cccc2sc(C(=O)[C@H]3CC[C@H](N(Cc4ccc5c(n4)NC(=O)CS5)C(=O)OC(C)(C)C)CC3)nc12. The van der Waals surface area contributed by atoms with Gasteiger partial charge in [-0.15, -0.1) is 23.1 Å². The van der Waals surface area contributed by atoms with Gasteiger partial charge in [-0.05, 0) is 70.7 Å². The summed E-state index contributed by atoms with van der Waals surface area (Å²) in [5.41, 5.74) is 0.735. The number of pyridine rings is 1. The third kappa shape index (κ3) is 6.19. The number of anilines is 1. The Kier molecular flexibility index (Phi) is 7.82. The molecular weight excluding hydrogens is 536 g/mol. The number of carbonyl (C=O) groups excluding carboxylic acids is 3. The maximum Gasteiger partial charge on any atom is 0.410 e. The molecule has 9 nitrogen and oxygen atoms in total. The zero-order valence-corrected chi connectivity index (χ0v) is 24.1. The minimum atomic E-state index is -0.649. The van der Waals surface area contributed by atoms with Crippen LogP contribution in [0.1, 0.15) is 62.0 Å². The first-order valence-electron chi connectivity index (χ1n) is 13.0. The number of nitrogens with one attached hydrogen (secondary N) is 1. The van der Waals surface area contributed by atoms with Crippen molar-refractivity contribution in [3.63, 3.8) is 0 Å². The summed E-state index contributed by atoms with van der Waals surface area (Å²) in [7, 11) is 1.60. The van der Waals surface area contributed by atoms with Gasteiger partial charge in [0.1, 0.15) is 22.7 Å². The van der Waals surface area contributed by atoms with Crippen LogP contribution in [0.5, 0.6) is 5.75 Å². The fourth-order valence-corrected chi connectivity index (χ4v) is 6.71. The molecule has 2 aliphatic rings. The normalized spacial score (nSPS) is 19.2. The topological polar surface area (TPSA) is 111 Å². The zero-order chi connectivity index (χ0) is 27.7. The van der Waals surface area contributed by atoms with E-state index < -0.39 is 11.7 Å². The molecule has 0 bridgehead atoms. The van der Waals surface area contributed by atoms with Crippen molar-refractivity contribution in [2.45, 2.75) is 69.5 Å².